The van der Waals surface area contributed by atoms with E-state index in [2.05, 4.69) is 11.4 Å². The highest BCUT2D eigenvalue weighted by Crippen LogP contribution is 2.31. The quantitative estimate of drug-likeness (QED) is 0.928. The normalized spacial score (nSPS) is 21.8. The number of ether oxygens (including phenoxy) is 1. The van der Waals surface area contributed by atoms with Gasteiger partial charge in [-0.15, -0.1) is 0 Å². The van der Waals surface area contributed by atoms with E-state index in [0.29, 0.717) is 12.5 Å². The Labute approximate surface area is 130 Å². The first-order chi connectivity index (χ1) is 10.3. The lowest BCUT2D eigenvalue weighted by molar-refractivity contribution is -0.119. The Morgan fingerprint density at radius 2 is 2.43 bits per heavy atom. The van der Waals surface area contributed by atoms with Crippen LogP contribution in [0.3, 0.4) is 0 Å². The molecule has 0 bridgehead atoms. The number of fused-ring (bicyclic) bond motifs is 1. The van der Waals surface area contributed by atoms with Crippen LogP contribution in [0.15, 0.2) is 18.2 Å². The van der Waals surface area contributed by atoms with Crippen LogP contribution in [0, 0.1) is 0 Å². The molecule has 2 heterocycles. The predicted molar refractivity (Wildman–Crippen MR) is 87.4 cm³/mol. The van der Waals surface area contributed by atoms with E-state index in [4.69, 9.17) is 4.74 Å². The molecule has 0 radical (unpaired) electrons. The molecule has 1 fully saturated rings. The number of nitrogens with one attached hydrogen (secondary N) is 1. The zero-order valence-electron chi connectivity index (χ0n) is 12.4. The number of hydrogen-bond donors (Lipinski definition) is 1. The molecule has 21 heavy (non-hydrogen) atoms. The van der Waals surface area contributed by atoms with Crippen LogP contribution in [0.2, 0.25) is 0 Å². The van der Waals surface area contributed by atoms with Gasteiger partial charge in [0, 0.05) is 42.7 Å². The molecule has 2 aliphatic rings. The molecule has 1 saturated heterocycles. The number of methoxy groups -OCH3 is 1. The van der Waals surface area contributed by atoms with Gasteiger partial charge in [0.1, 0.15) is 5.75 Å². The minimum atomic E-state index is 0.237. The van der Waals surface area contributed by atoms with Crippen LogP contribution >= 0.6 is 11.8 Å². The Bertz CT molecular complexity index is 515. The second-order valence-corrected chi connectivity index (χ2v) is 6.72. The first-order valence-corrected chi connectivity index (χ1v) is 8.72. The molecule has 2 aliphatic heterocycles. The number of rotatable bonds is 3. The van der Waals surface area contributed by atoms with E-state index >= 15 is 0 Å². The van der Waals surface area contributed by atoms with Crippen LogP contribution < -0.4 is 15.0 Å². The fourth-order valence-corrected chi connectivity index (χ4v) is 3.98. The minimum Gasteiger partial charge on any atom is -0.497 e. The van der Waals surface area contributed by atoms with Gasteiger partial charge in [0.25, 0.3) is 0 Å². The van der Waals surface area contributed by atoms with Crippen LogP contribution in [0.1, 0.15) is 18.4 Å². The molecule has 0 aliphatic carbocycles. The summed E-state index contributed by atoms with van der Waals surface area (Å²) < 4.78 is 5.28. The predicted octanol–water partition coefficient (Wildman–Crippen LogP) is 2.07. The fraction of sp³-hybridized carbons (Fsp3) is 0.562. The Morgan fingerprint density at radius 3 is 3.19 bits per heavy atom. The lowest BCUT2D eigenvalue weighted by Crippen LogP contribution is -2.44. The lowest BCUT2D eigenvalue weighted by atomic mass is 10.0. The van der Waals surface area contributed by atoms with Gasteiger partial charge in [0.2, 0.25) is 5.91 Å². The summed E-state index contributed by atoms with van der Waals surface area (Å²) in [4.78, 5) is 14.6. The van der Waals surface area contributed by atoms with Gasteiger partial charge < -0.3 is 15.0 Å². The summed E-state index contributed by atoms with van der Waals surface area (Å²) in [6.07, 6.45) is 2.64. The summed E-state index contributed by atoms with van der Waals surface area (Å²) in [6, 6.07) is 6.34. The summed E-state index contributed by atoms with van der Waals surface area (Å²) >= 11 is 1.93. The first kappa shape index (κ1) is 14.7. The summed E-state index contributed by atoms with van der Waals surface area (Å²) in [6.45, 7) is 1.84. The van der Waals surface area contributed by atoms with E-state index in [1.54, 1.807) is 7.11 Å². The Balaban J connectivity index is 1.73. The third-order valence-corrected chi connectivity index (χ3v) is 5.26. The van der Waals surface area contributed by atoms with Crippen LogP contribution in [0.5, 0.6) is 5.75 Å². The van der Waals surface area contributed by atoms with E-state index in [1.807, 2.05) is 28.8 Å². The van der Waals surface area contributed by atoms with Gasteiger partial charge in [-0.3, -0.25) is 4.79 Å². The third kappa shape index (κ3) is 3.35. The molecule has 0 saturated carbocycles. The van der Waals surface area contributed by atoms with Crippen LogP contribution in [-0.2, 0) is 11.2 Å². The maximum absolute atomic E-state index is 12.6. The van der Waals surface area contributed by atoms with Crippen molar-refractivity contribution in [2.24, 2.45) is 0 Å². The van der Waals surface area contributed by atoms with E-state index < -0.39 is 0 Å². The standard InChI is InChI=1S/C16H22N2O2S/c1-20-14-4-5-15-12(9-14)3-2-7-18(15)16(19)10-13-11-21-8-6-17-13/h4-5,9,13,17H,2-3,6-8,10-11H2,1H3. The maximum Gasteiger partial charge on any atom is 0.228 e. The van der Waals surface area contributed by atoms with Gasteiger partial charge in [-0.1, -0.05) is 0 Å². The largest absolute Gasteiger partial charge is 0.497 e. The Morgan fingerprint density at radius 1 is 1.52 bits per heavy atom. The second kappa shape index (κ2) is 6.71. The molecular formula is C16H22N2O2S. The number of carbonyl (C=O) groups excluding carboxylic acids is 1. The van der Waals surface area contributed by atoms with Crippen molar-refractivity contribution >= 4 is 23.4 Å². The van der Waals surface area contributed by atoms with E-state index in [1.165, 1.54) is 5.56 Å². The molecule has 1 N–H and O–H groups in total. The molecule has 114 valence electrons. The molecule has 3 rings (SSSR count). The van der Waals surface area contributed by atoms with Crippen molar-refractivity contribution in [1.29, 1.82) is 0 Å². The monoisotopic (exact) mass is 306 g/mol. The molecule has 1 aromatic rings. The highest BCUT2D eigenvalue weighted by atomic mass is 32.2. The molecule has 0 aromatic heterocycles. The number of aryl methyl sites for hydroxylation is 1. The van der Waals surface area contributed by atoms with Crippen molar-refractivity contribution in [1.82, 2.24) is 5.32 Å². The SMILES string of the molecule is COc1ccc2c(c1)CCCN2C(=O)CC1CSCCN1. The van der Waals surface area contributed by atoms with Gasteiger partial charge in [0.15, 0.2) is 0 Å². The lowest BCUT2D eigenvalue weighted by Gasteiger charge is -2.32. The third-order valence-electron chi connectivity index (χ3n) is 4.13. The minimum absolute atomic E-state index is 0.237. The first-order valence-electron chi connectivity index (χ1n) is 7.56. The van der Waals surface area contributed by atoms with Gasteiger partial charge >= 0.3 is 0 Å². The number of benzene rings is 1. The van der Waals surface area contributed by atoms with E-state index in [9.17, 15) is 4.79 Å². The number of nitrogens with zero attached hydrogens (tertiary/aromatic N) is 1. The number of hydrogen-bond acceptors (Lipinski definition) is 4. The van der Waals surface area contributed by atoms with Crippen LogP contribution in [-0.4, -0.2) is 43.7 Å². The molecule has 1 amide bonds. The molecule has 5 heteroatoms. The van der Waals surface area contributed by atoms with Crippen molar-refractivity contribution in [2.75, 3.05) is 36.6 Å². The summed E-state index contributed by atoms with van der Waals surface area (Å²) in [5.74, 6) is 3.29. The highest BCUT2D eigenvalue weighted by molar-refractivity contribution is 7.99. The molecule has 4 nitrogen and oxygen atoms in total. The molecule has 1 aromatic carbocycles. The van der Waals surface area contributed by atoms with Gasteiger partial charge in [-0.05, 0) is 36.6 Å². The van der Waals surface area contributed by atoms with Gasteiger partial charge in [0.05, 0.1) is 7.11 Å². The zero-order valence-corrected chi connectivity index (χ0v) is 13.2. The Hall–Kier alpha value is -1.20. The van der Waals surface area contributed by atoms with E-state index in [-0.39, 0.29) is 5.91 Å². The maximum atomic E-state index is 12.6. The van der Waals surface area contributed by atoms with E-state index in [0.717, 1.165) is 48.9 Å². The van der Waals surface area contributed by atoms with Crippen molar-refractivity contribution < 1.29 is 9.53 Å². The van der Waals surface area contributed by atoms with Crippen LogP contribution in [0.25, 0.3) is 0 Å². The number of thioether (sulfide) groups is 1. The number of anilines is 1. The van der Waals surface area contributed by atoms with Crippen LogP contribution in [0.4, 0.5) is 5.69 Å². The van der Waals surface area contributed by atoms with Crippen molar-refractivity contribution in [3.8, 4) is 5.75 Å². The Kier molecular flexibility index (Phi) is 4.70. The number of amides is 1. The van der Waals surface area contributed by atoms with Crippen molar-refractivity contribution in [3.63, 3.8) is 0 Å². The molecule has 1 atom stereocenters. The number of carbonyl (C=O) groups is 1. The fourth-order valence-electron chi connectivity index (χ4n) is 3.03. The summed E-state index contributed by atoms with van der Waals surface area (Å²) in [7, 11) is 1.68. The molecule has 1 unspecified atom stereocenters. The molecular weight excluding hydrogens is 284 g/mol. The van der Waals surface area contributed by atoms with Crippen molar-refractivity contribution in [3.05, 3.63) is 23.8 Å². The van der Waals surface area contributed by atoms with Crippen molar-refractivity contribution in [2.45, 2.75) is 25.3 Å². The molecule has 0 spiro atoms. The summed E-state index contributed by atoms with van der Waals surface area (Å²) in [5.41, 5.74) is 2.29. The van der Waals surface area contributed by atoms with Gasteiger partial charge in [-0.2, -0.15) is 11.8 Å². The highest BCUT2D eigenvalue weighted by Gasteiger charge is 2.25. The topological polar surface area (TPSA) is 41.6 Å². The average molecular weight is 306 g/mol. The van der Waals surface area contributed by atoms with Gasteiger partial charge in [-0.25, -0.2) is 0 Å². The second-order valence-electron chi connectivity index (χ2n) is 5.57. The summed E-state index contributed by atoms with van der Waals surface area (Å²) in [5, 5.41) is 3.44. The average Bonchev–Trinajstić information content (AvgIpc) is 2.54. The smallest absolute Gasteiger partial charge is 0.228 e. The zero-order chi connectivity index (χ0) is 14.7.